The van der Waals surface area contributed by atoms with Crippen LogP contribution >= 0.6 is 0 Å². The van der Waals surface area contributed by atoms with Crippen molar-refractivity contribution < 1.29 is 9.47 Å². The van der Waals surface area contributed by atoms with Crippen molar-refractivity contribution in [3.8, 4) is 33.8 Å². The molecule has 0 N–H and O–H groups in total. The lowest BCUT2D eigenvalue weighted by atomic mass is 10.0. The van der Waals surface area contributed by atoms with Gasteiger partial charge >= 0.3 is 0 Å². The second-order valence-corrected chi connectivity index (χ2v) is 12.4. The Balaban J connectivity index is 0.987. The molecular weight excluding hydrogens is 592 g/mol. The fraction of sp³-hybridized carbons (Fsp3) is 0.190. The summed E-state index contributed by atoms with van der Waals surface area (Å²) in [4.78, 5) is 8.71. The summed E-state index contributed by atoms with van der Waals surface area (Å²) in [7, 11) is 3.42. The highest BCUT2D eigenvalue weighted by molar-refractivity contribution is 6.10. The summed E-state index contributed by atoms with van der Waals surface area (Å²) in [5.41, 5.74) is 9.38. The van der Waals surface area contributed by atoms with Gasteiger partial charge in [-0.25, -0.2) is 0 Å². The Labute approximate surface area is 280 Å². The highest BCUT2D eigenvalue weighted by Crippen LogP contribution is 2.37. The minimum atomic E-state index is 0.837. The van der Waals surface area contributed by atoms with Crippen LogP contribution in [0.15, 0.2) is 122 Å². The van der Waals surface area contributed by atoms with Gasteiger partial charge in [0, 0.05) is 92.6 Å². The molecule has 0 aliphatic rings. The molecule has 6 nitrogen and oxygen atoms in total. The van der Waals surface area contributed by atoms with Gasteiger partial charge in [-0.05, 0) is 72.5 Å². The van der Waals surface area contributed by atoms with Crippen molar-refractivity contribution in [2.24, 2.45) is 0 Å². The van der Waals surface area contributed by atoms with Gasteiger partial charge in [-0.1, -0.05) is 61.4 Å². The molecule has 0 spiro atoms. The molecule has 48 heavy (non-hydrogen) atoms. The van der Waals surface area contributed by atoms with Crippen LogP contribution in [0.4, 0.5) is 0 Å². The monoisotopic (exact) mass is 630 g/mol. The molecule has 0 aliphatic heterocycles. The first kappa shape index (κ1) is 29.8. The number of aryl methyl sites for hydroxylation is 2. The molecule has 0 saturated carbocycles. The predicted molar refractivity (Wildman–Crippen MR) is 197 cm³/mol. The summed E-state index contributed by atoms with van der Waals surface area (Å²) < 4.78 is 16.3. The van der Waals surface area contributed by atoms with Crippen LogP contribution < -0.4 is 9.47 Å². The third kappa shape index (κ3) is 5.23. The molecule has 6 heteroatoms. The van der Waals surface area contributed by atoms with Crippen LogP contribution in [0.5, 0.6) is 11.5 Å². The average molecular weight is 631 g/mol. The van der Waals surface area contributed by atoms with Gasteiger partial charge in [-0.3, -0.25) is 9.97 Å². The fourth-order valence-electron chi connectivity index (χ4n) is 7.37. The maximum atomic E-state index is 5.63. The van der Waals surface area contributed by atoms with Crippen molar-refractivity contribution in [3.63, 3.8) is 0 Å². The van der Waals surface area contributed by atoms with Gasteiger partial charge < -0.3 is 18.6 Å². The number of unbranched alkanes of at least 4 members (excludes halogenated alkanes) is 3. The SMILES string of the molecule is COc1ccncc1-c1ccc2c(c1)c1ccccc1n2CCCCCCn1c2ccccc2c2cc(-c3cnccc3OC)ccc21. The predicted octanol–water partition coefficient (Wildman–Crippen LogP) is 10.3. The van der Waals surface area contributed by atoms with Crippen molar-refractivity contribution in [3.05, 3.63) is 122 Å². The van der Waals surface area contributed by atoms with E-state index in [9.17, 15) is 0 Å². The third-order valence-corrected chi connectivity index (χ3v) is 9.68. The van der Waals surface area contributed by atoms with E-state index in [0.717, 1.165) is 59.7 Å². The van der Waals surface area contributed by atoms with Crippen LogP contribution in [0.2, 0.25) is 0 Å². The highest BCUT2D eigenvalue weighted by Gasteiger charge is 2.15. The molecule has 4 heterocycles. The first-order chi connectivity index (χ1) is 23.7. The quantitative estimate of drug-likeness (QED) is 0.133. The van der Waals surface area contributed by atoms with E-state index in [2.05, 4.69) is 104 Å². The Morgan fingerprint density at radius 3 is 1.38 bits per heavy atom. The van der Waals surface area contributed by atoms with E-state index < -0.39 is 0 Å². The van der Waals surface area contributed by atoms with Gasteiger partial charge in [0.05, 0.1) is 14.2 Å². The lowest BCUT2D eigenvalue weighted by molar-refractivity contribution is 0.416. The van der Waals surface area contributed by atoms with E-state index >= 15 is 0 Å². The van der Waals surface area contributed by atoms with Crippen LogP contribution in [0.25, 0.3) is 65.9 Å². The largest absolute Gasteiger partial charge is 0.496 e. The lowest BCUT2D eigenvalue weighted by Crippen LogP contribution is -2.00. The zero-order valence-electron chi connectivity index (χ0n) is 27.4. The summed E-state index contributed by atoms with van der Waals surface area (Å²) in [6.45, 7) is 1.99. The zero-order chi connectivity index (χ0) is 32.5. The summed E-state index contributed by atoms with van der Waals surface area (Å²) in [5, 5.41) is 5.11. The number of pyridine rings is 2. The normalized spacial score (nSPS) is 11.6. The number of hydrogen-bond acceptors (Lipinski definition) is 4. The Bertz CT molecular complexity index is 2230. The van der Waals surface area contributed by atoms with Gasteiger partial charge in [-0.15, -0.1) is 0 Å². The van der Waals surface area contributed by atoms with E-state index in [4.69, 9.17) is 9.47 Å². The van der Waals surface area contributed by atoms with Crippen molar-refractivity contribution in [1.29, 1.82) is 0 Å². The smallest absolute Gasteiger partial charge is 0.129 e. The molecule has 0 unspecified atom stereocenters. The second-order valence-electron chi connectivity index (χ2n) is 12.4. The summed E-state index contributed by atoms with van der Waals surface area (Å²) >= 11 is 0. The average Bonchev–Trinajstić information content (AvgIpc) is 3.64. The molecule has 8 rings (SSSR count). The Morgan fingerprint density at radius 2 is 0.917 bits per heavy atom. The Morgan fingerprint density at radius 1 is 0.479 bits per heavy atom. The number of fused-ring (bicyclic) bond motifs is 6. The van der Waals surface area contributed by atoms with Gasteiger partial charge in [0.2, 0.25) is 0 Å². The highest BCUT2D eigenvalue weighted by atomic mass is 16.5. The maximum Gasteiger partial charge on any atom is 0.129 e. The summed E-state index contributed by atoms with van der Waals surface area (Å²) in [6.07, 6.45) is 11.9. The molecule has 238 valence electrons. The molecule has 0 atom stereocenters. The van der Waals surface area contributed by atoms with Crippen molar-refractivity contribution in [2.75, 3.05) is 14.2 Å². The van der Waals surface area contributed by atoms with E-state index in [-0.39, 0.29) is 0 Å². The molecule has 4 aromatic heterocycles. The third-order valence-electron chi connectivity index (χ3n) is 9.68. The van der Waals surface area contributed by atoms with Gasteiger partial charge in [0.25, 0.3) is 0 Å². The van der Waals surface area contributed by atoms with Crippen molar-refractivity contribution in [1.82, 2.24) is 19.1 Å². The molecule has 0 bridgehead atoms. The summed E-state index contributed by atoms with van der Waals surface area (Å²) in [6, 6.07) is 34.8. The number of ether oxygens (including phenoxy) is 2. The van der Waals surface area contributed by atoms with Crippen LogP contribution in [0.3, 0.4) is 0 Å². The van der Waals surface area contributed by atoms with Crippen LogP contribution in [0.1, 0.15) is 25.7 Å². The first-order valence-corrected chi connectivity index (χ1v) is 16.7. The number of aromatic nitrogens is 4. The lowest BCUT2D eigenvalue weighted by Gasteiger charge is -2.11. The molecule has 0 saturated heterocycles. The number of methoxy groups -OCH3 is 2. The van der Waals surface area contributed by atoms with Crippen LogP contribution in [-0.2, 0) is 13.1 Å². The molecule has 0 aliphatic carbocycles. The second kappa shape index (κ2) is 12.9. The number of nitrogens with zero attached hydrogens (tertiary/aromatic N) is 4. The minimum Gasteiger partial charge on any atom is -0.496 e. The number of hydrogen-bond donors (Lipinski definition) is 0. The first-order valence-electron chi connectivity index (χ1n) is 16.7. The van der Waals surface area contributed by atoms with Gasteiger partial charge in [0.15, 0.2) is 0 Å². The molecular formula is C42H38N4O2. The van der Waals surface area contributed by atoms with Crippen molar-refractivity contribution >= 4 is 43.6 Å². The van der Waals surface area contributed by atoms with E-state index in [0.29, 0.717) is 0 Å². The van der Waals surface area contributed by atoms with Crippen LogP contribution in [-0.4, -0.2) is 33.3 Å². The number of rotatable bonds is 11. The Hall–Kier alpha value is -5.62. The molecule has 4 aromatic carbocycles. The molecule has 0 amide bonds. The van der Waals surface area contributed by atoms with Crippen molar-refractivity contribution in [2.45, 2.75) is 38.8 Å². The summed E-state index contributed by atoms with van der Waals surface area (Å²) in [5.74, 6) is 1.67. The Kier molecular flexibility index (Phi) is 7.99. The number of para-hydroxylation sites is 2. The zero-order valence-corrected chi connectivity index (χ0v) is 27.4. The minimum absolute atomic E-state index is 0.837. The molecule has 0 radical (unpaired) electrons. The molecule has 8 aromatic rings. The van der Waals surface area contributed by atoms with Gasteiger partial charge in [0.1, 0.15) is 11.5 Å². The van der Waals surface area contributed by atoms with Crippen LogP contribution in [0, 0.1) is 0 Å². The van der Waals surface area contributed by atoms with E-state index in [1.54, 1.807) is 26.6 Å². The standard InChI is InChI=1S/C42H38N4O2/c1-47-41-19-21-43-27-35(41)29-15-17-39-33(25-29)31-11-5-7-13-37(31)45(39)23-9-3-4-10-24-46-38-14-8-6-12-32(38)34-26-30(16-18-40(34)46)36-28-44-22-20-42(36)48-2/h5-8,11-22,25-28H,3-4,9-10,23-24H2,1-2H3. The van der Waals surface area contributed by atoms with Gasteiger partial charge in [-0.2, -0.15) is 0 Å². The fourth-order valence-corrected chi connectivity index (χ4v) is 7.37. The topological polar surface area (TPSA) is 54.1 Å². The van der Waals surface area contributed by atoms with E-state index in [1.807, 2.05) is 24.5 Å². The molecule has 0 fully saturated rings. The van der Waals surface area contributed by atoms with E-state index in [1.165, 1.54) is 56.5 Å². The number of benzene rings is 4. The maximum absolute atomic E-state index is 5.63.